The van der Waals surface area contributed by atoms with Crippen molar-refractivity contribution < 1.29 is 50.3 Å². The van der Waals surface area contributed by atoms with E-state index in [1.54, 1.807) is 53.7 Å². The number of carbonyl (C=O) groups excluding carboxylic acids is 5. The van der Waals surface area contributed by atoms with Crippen molar-refractivity contribution in [2.45, 2.75) is 64.8 Å². The van der Waals surface area contributed by atoms with Crippen LogP contribution in [0.25, 0.3) is 0 Å². The van der Waals surface area contributed by atoms with Crippen LogP contribution in [0.4, 0.5) is 9.59 Å². The summed E-state index contributed by atoms with van der Waals surface area (Å²) in [5.74, 6) is -1.57. The summed E-state index contributed by atoms with van der Waals surface area (Å²) in [5, 5.41) is 5.02. The van der Waals surface area contributed by atoms with Crippen molar-refractivity contribution in [1.82, 2.24) is 20.4 Å². The van der Waals surface area contributed by atoms with Crippen molar-refractivity contribution in [3.63, 3.8) is 0 Å². The van der Waals surface area contributed by atoms with Gasteiger partial charge in [-0.15, -0.1) is 0 Å². The summed E-state index contributed by atoms with van der Waals surface area (Å²) in [7, 11) is -3.01. The third kappa shape index (κ3) is 17.8. The highest BCUT2D eigenvalue weighted by Gasteiger charge is 2.37. The number of carbonyl (C=O) groups is 5. The quantitative estimate of drug-likeness (QED) is 0.335. The van der Waals surface area contributed by atoms with Gasteiger partial charge in [-0.1, -0.05) is 12.1 Å². The standard InChI is InChI=1S/C17H22N2O6S.C11H24N2O4S.CH2O/c1-17(2,3)25-16(22)18-11(10-26(4,23)24)9-19-14(20)12-7-5-6-8-13(12)15(19)21;1-11(2,3)17-10(14)12-9(7-13(4)5)8-18(6,15)16;1-2/h5-8,11H,9-10H2,1-4H3,(H,18,22);9H,7-8H2,1-6H3,(H,12,14);1H2/t11-;9-;/m11./s1. The molecule has 0 spiro atoms. The molecule has 15 nitrogen and oxygen atoms in total. The molecule has 46 heavy (non-hydrogen) atoms. The van der Waals surface area contributed by atoms with Crippen molar-refractivity contribution in [3.05, 3.63) is 35.4 Å². The lowest BCUT2D eigenvalue weighted by Gasteiger charge is -2.25. The van der Waals surface area contributed by atoms with Crippen LogP contribution in [0.15, 0.2) is 24.3 Å². The Kier molecular flexibility index (Phi) is 16.0. The molecule has 1 heterocycles. The minimum atomic E-state index is -3.48. The number of imide groups is 1. The molecule has 2 atom stereocenters. The van der Waals surface area contributed by atoms with Gasteiger partial charge < -0.3 is 29.8 Å². The molecule has 2 rings (SSSR count). The lowest BCUT2D eigenvalue weighted by atomic mass is 10.1. The van der Waals surface area contributed by atoms with Crippen molar-refractivity contribution in [3.8, 4) is 0 Å². The van der Waals surface area contributed by atoms with Gasteiger partial charge in [-0.2, -0.15) is 0 Å². The van der Waals surface area contributed by atoms with E-state index in [0.717, 1.165) is 17.4 Å². The molecule has 0 aromatic heterocycles. The van der Waals surface area contributed by atoms with Gasteiger partial charge in [-0.05, 0) is 67.8 Å². The lowest BCUT2D eigenvalue weighted by molar-refractivity contribution is -0.0980. The first-order valence-electron chi connectivity index (χ1n) is 14.0. The third-order valence-electron chi connectivity index (χ3n) is 5.32. The number of amides is 4. The summed E-state index contributed by atoms with van der Waals surface area (Å²) in [6, 6.07) is 4.87. The summed E-state index contributed by atoms with van der Waals surface area (Å²) in [5.41, 5.74) is -0.853. The van der Waals surface area contributed by atoms with Crippen LogP contribution in [0.5, 0.6) is 0 Å². The summed E-state index contributed by atoms with van der Waals surface area (Å²) in [4.78, 5) is 59.2. The van der Waals surface area contributed by atoms with Crippen LogP contribution in [0, 0.1) is 0 Å². The third-order valence-corrected chi connectivity index (χ3v) is 7.33. The van der Waals surface area contributed by atoms with Gasteiger partial charge in [-0.25, -0.2) is 26.4 Å². The number of hydrogen-bond acceptors (Lipinski definition) is 12. The molecule has 4 amide bonds. The molecule has 262 valence electrons. The summed E-state index contributed by atoms with van der Waals surface area (Å²) in [6.45, 7) is 12.4. The SMILES string of the molecule is C=O.CC(C)(C)OC(=O)N[C@H](CN1C(=O)c2ccccc2C1=O)CS(C)(=O)=O.CN(C)C[C@H](CS(C)(=O)=O)NC(=O)OC(C)(C)C. The van der Waals surface area contributed by atoms with Gasteiger partial charge in [0.25, 0.3) is 11.8 Å². The Bertz CT molecular complexity index is 1400. The van der Waals surface area contributed by atoms with Crippen LogP contribution in [0.2, 0.25) is 0 Å². The molecule has 2 N–H and O–H groups in total. The average Bonchev–Trinajstić information content (AvgIpc) is 3.05. The number of nitrogens with zero attached hydrogens (tertiary/aromatic N) is 2. The van der Waals surface area contributed by atoms with E-state index in [2.05, 4.69) is 10.6 Å². The number of rotatable bonds is 10. The van der Waals surface area contributed by atoms with E-state index in [1.807, 2.05) is 25.8 Å². The van der Waals surface area contributed by atoms with E-state index in [9.17, 15) is 36.0 Å². The molecule has 1 aromatic rings. The highest BCUT2D eigenvalue weighted by Crippen LogP contribution is 2.22. The van der Waals surface area contributed by atoms with E-state index in [0.29, 0.717) is 6.54 Å². The fraction of sp³-hybridized carbons (Fsp3) is 0.621. The van der Waals surface area contributed by atoms with Gasteiger partial charge >= 0.3 is 12.2 Å². The van der Waals surface area contributed by atoms with Crippen LogP contribution in [-0.2, 0) is 33.9 Å². The normalized spacial score (nSPS) is 14.5. The maximum atomic E-state index is 12.4. The van der Waals surface area contributed by atoms with E-state index in [1.165, 1.54) is 12.1 Å². The van der Waals surface area contributed by atoms with Crippen molar-refractivity contribution in [1.29, 1.82) is 0 Å². The molecule has 0 saturated carbocycles. The molecule has 1 aliphatic heterocycles. The summed E-state index contributed by atoms with van der Waals surface area (Å²) in [6.07, 6.45) is 0.742. The van der Waals surface area contributed by atoms with E-state index >= 15 is 0 Å². The molecule has 0 saturated heterocycles. The fourth-order valence-corrected chi connectivity index (χ4v) is 5.86. The topological polar surface area (TPSA) is 203 Å². The van der Waals surface area contributed by atoms with Gasteiger partial charge in [0.1, 0.15) is 37.7 Å². The average molecular weight is 693 g/mol. The Balaban J connectivity index is 0.000000891. The number of hydrogen-bond donors (Lipinski definition) is 2. The summed E-state index contributed by atoms with van der Waals surface area (Å²) < 4.78 is 56.2. The molecule has 0 fully saturated rings. The van der Waals surface area contributed by atoms with Gasteiger partial charge in [0, 0.05) is 19.1 Å². The first-order chi connectivity index (χ1) is 20.8. The zero-order valence-corrected chi connectivity index (χ0v) is 29.8. The zero-order valence-electron chi connectivity index (χ0n) is 28.2. The van der Waals surface area contributed by atoms with Gasteiger partial charge in [0.2, 0.25) is 0 Å². The van der Waals surface area contributed by atoms with Gasteiger partial charge in [0.15, 0.2) is 0 Å². The van der Waals surface area contributed by atoms with Crippen molar-refractivity contribution in [2.24, 2.45) is 0 Å². The Morgan fingerprint density at radius 2 is 1.13 bits per heavy atom. The zero-order chi connectivity index (χ0) is 36.3. The van der Waals surface area contributed by atoms with Crippen LogP contribution >= 0.6 is 0 Å². The highest BCUT2D eigenvalue weighted by atomic mass is 32.2. The Hall–Kier alpha value is -3.57. The molecule has 0 aliphatic carbocycles. The second-order valence-electron chi connectivity index (χ2n) is 12.9. The predicted octanol–water partition coefficient (Wildman–Crippen LogP) is 1.52. The lowest BCUT2D eigenvalue weighted by Crippen LogP contribution is -2.50. The number of ether oxygens (including phenoxy) is 2. The first-order valence-corrected chi connectivity index (χ1v) is 18.1. The van der Waals surface area contributed by atoms with E-state index in [-0.39, 0.29) is 23.4 Å². The van der Waals surface area contributed by atoms with Crippen LogP contribution in [0.1, 0.15) is 62.3 Å². The van der Waals surface area contributed by atoms with Crippen LogP contribution < -0.4 is 10.6 Å². The van der Waals surface area contributed by atoms with Crippen molar-refractivity contribution in [2.75, 3.05) is 51.2 Å². The van der Waals surface area contributed by atoms with Gasteiger partial charge in [-0.3, -0.25) is 14.5 Å². The largest absolute Gasteiger partial charge is 0.444 e. The molecule has 1 aromatic carbocycles. The molecule has 0 bridgehead atoms. The van der Waals surface area contributed by atoms with E-state index < -0.39 is 72.7 Å². The maximum absolute atomic E-state index is 12.4. The first kappa shape index (κ1) is 42.4. The predicted molar refractivity (Wildman–Crippen MR) is 173 cm³/mol. The number of sulfone groups is 2. The Labute approximate surface area is 272 Å². The fourth-order valence-electron chi connectivity index (χ4n) is 4.03. The van der Waals surface area contributed by atoms with E-state index in [4.69, 9.17) is 14.3 Å². The van der Waals surface area contributed by atoms with Crippen molar-refractivity contribution >= 4 is 50.5 Å². The van der Waals surface area contributed by atoms with Crippen LogP contribution in [0.3, 0.4) is 0 Å². The number of benzene rings is 1. The molecule has 0 radical (unpaired) electrons. The second kappa shape index (κ2) is 17.4. The smallest absolute Gasteiger partial charge is 0.407 e. The molecule has 0 unspecified atom stereocenters. The minimum absolute atomic E-state index is 0.107. The number of likely N-dealkylation sites (N-methyl/N-ethyl adjacent to an activating group) is 1. The Morgan fingerprint density at radius 3 is 1.46 bits per heavy atom. The second-order valence-corrected chi connectivity index (χ2v) is 17.3. The molecule has 1 aliphatic rings. The molecule has 17 heteroatoms. The Morgan fingerprint density at radius 1 is 0.783 bits per heavy atom. The highest BCUT2D eigenvalue weighted by molar-refractivity contribution is 7.90. The monoisotopic (exact) mass is 692 g/mol. The minimum Gasteiger partial charge on any atom is -0.444 e. The molecular formula is C29H48N4O11S2. The summed E-state index contributed by atoms with van der Waals surface area (Å²) >= 11 is 0. The van der Waals surface area contributed by atoms with Gasteiger partial charge in [0.05, 0.1) is 41.3 Å². The number of fused-ring (bicyclic) bond motifs is 1. The number of nitrogens with one attached hydrogen (secondary N) is 2. The maximum Gasteiger partial charge on any atom is 0.407 e. The molecular weight excluding hydrogens is 644 g/mol. The van der Waals surface area contributed by atoms with Crippen LogP contribution in [-0.4, -0.2) is 132 Å². The number of alkyl carbamates (subject to hydrolysis) is 2.